The standard InChI is InChI=1S/C12H17N3O2/c1-7(5-13)12(14)8-2-3-10-9(4-8)15-11(16)6-17-10/h2-4,7,12H,5-6,13-14H2,1H3,(H,15,16). The molecule has 0 spiro atoms. The van der Waals surface area contributed by atoms with Crippen molar-refractivity contribution >= 4 is 11.6 Å². The normalized spacial score (nSPS) is 17.7. The number of nitrogens with two attached hydrogens (primary N) is 2. The lowest BCUT2D eigenvalue weighted by Gasteiger charge is -2.22. The summed E-state index contributed by atoms with van der Waals surface area (Å²) < 4.78 is 5.28. The molecule has 0 aromatic heterocycles. The average molecular weight is 235 g/mol. The van der Waals surface area contributed by atoms with Crippen molar-refractivity contribution in [3.63, 3.8) is 0 Å². The first-order valence-electron chi connectivity index (χ1n) is 5.64. The monoisotopic (exact) mass is 235 g/mol. The Morgan fingerprint density at radius 1 is 1.53 bits per heavy atom. The van der Waals surface area contributed by atoms with E-state index >= 15 is 0 Å². The maximum Gasteiger partial charge on any atom is 0.262 e. The fourth-order valence-electron chi connectivity index (χ4n) is 1.78. The predicted molar refractivity (Wildman–Crippen MR) is 65.7 cm³/mol. The van der Waals surface area contributed by atoms with Gasteiger partial charge in [0.2, 0.25) is 0 Å². The highest BCUT2D eigenvalue weighted by atomic mass is 16.5. The SMILES string of the molecule is CC(CN)C(N)c1ccc2c(c1)NC(=O)CO2. The van der Waals surface area contributed by atoms with Gasteiger partial charge in [-0.2, -0.15) is 0 Å². The second-order valence-corrected chi connectivity index (χ2v) is 4.33. The van der Waals surface area contributed by atoms with Crippen LogP contribution in [0.25, 0.3) is 0 Å². The van der Waals surface area contributed by atoms with E-state index in [2.05, 4.69) is 5.32 Å². The van der Waals surface area contributed by atoms with Crippen LogP contribution < -0.4 is 21.5 Å². The van der Waals surface area contributed by atoms with Crippen molar-refractivity contribution in [1.29, 1.82) is 0 Å². The zero-order chi connectivity index (χ0) is 12.4. The van der Waals surface area contributed by atoms with E-state index in [1.807, 2.05) is 25.1 Å². The molecule has 17 heavy (non-hydrogen) atoms. The van der Waals surface area contributed by atoms with Crippen LogP contribution in [-0.4, -0.2) is 19.1 Å². The van der Waals surface area contributed by atoms with Crippen LogP contribution in [0, 0.1) is 5.92 Å². The summed E-state index contributed by atoms with van der Waals surface area (Å²) in [4.78, 5) is 11.2. The van der Waals surface area contributed by atoms with Gasteiger partial charge in [-0.05, 0) is 30.2 Å². The molecule has 1 aliphatic heterocycles. The zero-order valence-electron chi connectivity index (χ0n) is 9.77. The molecular formula is C12H17N3O2. The summed E-state index contributed by atoms with van der Waals surface area (Å²) in [7, 11) is 0. The number of fused-ring (bicyclic) bond motifs is 1. The largest absolute Gasteiger partial charge is 0.482 e. The smallest absolute Gasteiger partial charge is 0.262 e. The molecule has 92 valence electrons. The summed E-state index contributed by atoms with van der Waals surface area (Å²) in [6.07, 6.45) is 0. The molecule has 2 rings (SSSR count). The molecule has 5 N–H and O–H groups in total. The first-order valence-corrected chi connectivity index (χ1v) is 5.64. The summed E-state index contributed by atoms with van der Waals surface area (Å²) in [5.41, 5.74) is 13.3. The summed E-state index contributed by atoms with van der Waals surface area (Å²) >= 11 is 0. The van der Waals surface area contributed by atoms with Gasteiger partial charge < -0.3 is 21.5 Å². The van der Waals surface area contributed by atoms with Crippen LogP contribution in [0.15, 0.2) is 18.2 Å². The minimum absolute atomic E-state index is 0.0671. The minimum Gasteiger partial charge on any atom is -0.482 e. The second kappa shape index (κ2) is 4.73. The average Bonchev–Trinajstić information content (AvgIpc) is 2.36. The molecule has 0 saturated heterocycles. The number of amides is 1. The fourth-order valence-corrected chi connectivity index (χ4v) is 1.78. The number of hydrogen-bond donors (Lipinski definition) is 3. The van der Waals surface area contributed by atoms with Gasteiger partial charge in [-0.3, -0.25) is 4.79 Å². The predicted octanol–water partition coefficient (Wildman–Crippen LogP) is 0.612. The molecule has 1 aromatic rings. The van der Waals surface area contributed by atoms with Crippen LogP contribution in [0.2, 0.25) is 0 Å². The van der Waals surface area contributed by atoms with E-state index in [4.69, 9.17) is 16.2 Å². The lowest BCUT2D eigenvalue weighted by atomic mass is 9.95. The van der Waals surface area contributed by atoms with E-state index < -0.39 is 0 Å². The van der Waals surface area contributed by atoms with E-state index in [0.29, 0.717) is 18.0 Å². The maximum absolute atomic E-state index is 11.2. The summed E-state index contributed by atoms with van der Waals surface area (Å²) in [5, 5.41) is 2.76. The molecule has 0 aliphatic carbocycles. The molecule has 0 saturated carbocycles. The number of anilines is 1. The van der Waals surface area contributed by atoms with Crippen molar-refractivity contribution in [2.75, 3.05) is 18.5 Å². The highest BCUT2D eigenvalue weighted by molar-refractivity contribution is 5.95. The van der Waals surface area contributed by atoms with Gasteiger partial charge in [0.25, 0.3) is 5.91 Å². The van der Waals surface area contributed by atoms with Gasteiger partial charge >= 0.3 is 0 Å². The van der Waals surface area contributed by atoms with Crippen LogP contribution in [0.3, 0.4) is 0 Å². The third kappa shape index (κ3) is 2.40. The molecule has 5 heteroatoms. The quantitative estimate of drug-likeness (QED) is 0.716. The maximum atomic E-state index is 11.2. The Balaban J connectivity index is 2.26. The summed E-state index contributed by atoms with van der Waals surface area (Å²) in [5.74, 6) is 0.726. The van der Waals surface area contributed by atoms with Crippen molar-refractivity contribution in [3.8, 4) is 5.75 Å². The van der Waals surface area contributed by atoms with E-state index in [1.54, 1.807) is 0 Å². The van der Waals surface area contributed by atoms with E-state index in [1.165, 1.54) is 0 Å². The van der Waals surface area contributed by atoms with Crippen molar-refractivity contribution in [2.45, 2.75) is 13.0 Å². The topological polar surface area (TPSA) is 90.4 Å². The molecule has 1 aliphatic rings. The van der Waals surface area contributed by atoms with Gasteiger partial charge in [0.15, 0.2) is 6.61 Å². The van der Waals surface area contributed by atoms with E-state index in [-0.39, 0.29) is 24.5 Å². The number of carbonyl (C=O) groups excluding carboxylic acids is 1. The van der Waals surface area contributed by atoms with Crippen LogP contribution in [0.5, 0.6) is 5.75 Å². The molecule has 1 heterocycles. The molecule has 0 bridgehead atoms. The summed E-state index contributed by atoms with van der Waals surface area (Å²) in [6.45, 7) is 2.60. The number of ether oxygens (including phenoxy) is 1. The summed E-state index contributed by atoms with van der Waals surface area (Å²) in [6, 6.07) is 5.45. The molecule has 1 amide bonds. The minimum atomic E-state index is -0.143. The highest BCUT2D eigenvalue weighted by Crippen LogP contribution is 2.31. The lowest BCUT2D eigenvalue weighted by Crippen LogP contribution is -2.27. The number of nitrogens with one attached hydrogen (secondary N) is 1. The molecule has 0 fully saturated rings. The second-order valence-electron chi connectivity index (χ2n) is 4.33. The van der Waals surface area contributed by atoms with Crippen LogP contribution in [0.1, 0.15) is 18.5 Å². The molecule has 0 radical (unpaired) electrons. The Morgan fingerprint density at radius 3 is 3.00 bits per heavy atom. The fraction of sp³-hybridized carbons (Fsp3) is 0.417. The number of rotatable bonds is 3. The molecule has 5 nitrogen and oxygen atoms in total. The Labute approximate surface area is 100 Å². The van der Waals surface area contributed by atoms with E-state index in [9.17, 15) is 4.79 Å². The highest BCUT2D eigenvalue weighted by Gasteiger charge is 2.19. The molecule has 1 aromatic carbocycles. The van der Waals surface area contributed by atoms with Crippen LogP contribution >= 0.6 is 0 Å². The van der Waals surface area contributed by atoms with Crippen molar-refractivity contribution < 1.29 is 9.53 Å². The Morgan fingerprint density at radius 2 is 2.29 bits per heavy atom. The third-order valence-electron chi connectivity index (χ3n) is 3.01. The Kier molecular flexibility index (Phi) is 3.31. The van der Waals surface area contributed by atoms with Gasteiger partial charge in [-0.15, -0.1) is 0 Å². The van der Waals surface area contributed by atoms with Gasteiger partial charge in [0.05, 0.1) is 5.69 Å². The van der Waals surface area contributed by atoms with Crippen molar-refractivity contribution in [3.05, 3.63) is 23.8 Å². The first-order chi connectivity index (χ1) is 8.11. The molecular weight excluding hydrogens is 218 g/mol. The van der Waals surface area contributed by atoms with Crippen molar-refractivity contribution in [1.82, 2.24) is 0 Å². The van der Waals surface area contributed by atoms with Gasteiger partial charge in [-0.1, -0.05) is 13.0 Å². The zero-order valence-corrected chi connectivity index (χ0v) is 9.77. The number of hydrogen-bond acceptors (Lipinski definition) is 4. The molecule has 2 unspecified atom stereocenters. The third-order valence-corrected chi connectivity index (χ3v) is 3.01. The first kappa shape index (κ1) is 11.9. The Bertz CT molecular complexity index is 434. The van der Waals surface area contributed by atoms with Gasteiger partial charge in [0.1, 0.15) is 5.75 Å². The van der Waals surface area contributed by atoms with Gasteiger partial charge in [0, 0.05) is 6.04 Å². The Hall–Kier alpha value is -1.59. The van der Waals surface area contributed by atoms with Gasteiger partial charge in [-0.25, -0.2) is 0 Å². The van der Waals surface area contributed by atoms with Crippen LogP contribution in [-0.2, 0) is 4.79 Å². The number of benzene rings is 1. The van der Waals surface area contributed by atoms with Crippen LogP contribution in [0.4, 0.5) is 5.69 Å². The van der Waals surface area contributed by atoms with Crippen molar-refractivity contribution in [2.24, 2.45) is 17.4 Å². The molecule has 2 atom stereocenters. The lowest BCUT2D eigenvalue weighted by molar-refractivity contribution is -0.118. The van der Waals surface area contributed by atoms with E-state index in [0.717, 1.165) is 5.56 Å². The number of carbonyl (C=O) groups is 1.